The fraction of sp³-hybridized carbons (Fsp3) is 0.529. The van der Waals surface area contributed by atoms with Crippen molar-refractivity contribution in [2.24, 2.45) is 5.73 Å². The van der Waals surface area contributed by atoms with Crippen LogP contribution in [0.1, 0.15) is 44.4 Å². The zero-order chi connectivity index (χ0) is 13.9. The van der Waals surface area contributed by atoms with Crippen LogP contribution in [0.5, 0.6) is 0 Å². The molecule has 0 bridgehead atoms. The molecule has 20 heavy (non-hydrogen) atoms. The third-order valence-electron chi connectivity index (χ3n) is 4.56. The monoisotopic (exact) mass is 272 g/mol. The largest absolute Gasteiger partial charge is 0.459 e. The third kappa shape index (κ3) is 2.48. The molecule has 1 aromatic carbocycles. The number of hydrogen-bond donors (Lipinski definition) is 1. The van der Waals surface area contributed by atoms with Gasteiger partial charge >= 0.3 is 0 Å². The molecule has 1 aliphatic carbocycles. The molecule has 1 heterocycles. The van der Waals surface area contributed by atoms with Crippen molar-refractivity contribution in [1.82, 2.24) is 4.90 Å². The Morgan fingerprint density at radius 2 is 2.05 bits per heavy atom. The zero-order valence-electron chi connectivity index (χ0n) is 12.2. The molecule has 1 aromatic heterocycles. The molecule has 0 spiro atoms. The Hall–Kier alpha value is -1.32. The van der Waals surface area contributed by atoms with Crippen LogP contribution in [0.15, 0.2) is 34.7 Å². The predicted octanol–water partition coefficient (Wildman–Crippen LogP) is 3.70. The number of likely N-dealkylation sites (N-methyl/N-ethyl adjacent to an activating group) is 1. The molecule has 3 rings (SSSR count). The van der Waals surface area contributed by atoms with E-state index in [9.17, 15) is 0 Å². The van der Waals surface area contributed by atoms with Crippen molar-refractivity contribution in [2.45, 2.75) is 44.7 Å². The van der Waals surface area contributed by atoms with Gasteiger partial charge in [-0.25, -0.2) is 0 Å². The van der Waals surface area contributed by atoms with Crippen LogP contribution in [0.25, 0.3) is 11.0 Å². The number of para-hydroxylation sites is 1. The number of nitrogens with two attached hydrogens (primary N) is 1. The predicted molar refractivity (Wildman–Crippen MR) is 82.6 cm³/mol. The Morgan fingerprint density at radius 1 is 1.30 bits per heavy atom. The van der Waals surface area contributed by atoms with Crippen LogP contribution >= 0.6 is 0 Å². The van der Waals surface area contributed by atoms with E-state index in [4.69, 9.17) is 10.2 Å². The molecule has 0 radical (unpaired) electrons. The van der Waals surface area contributed by atoms with Gasteiger partial charge in [0, 0.05) is 18.0 Å². The highest BCUT2D eigenvalue weighted by molar-refractivity contribution is 5.77. The average molecular weight is 272 g/mol. The van der Waals surface area contributed by atoms with Gasteiger partial charge in [0.05, 0.1) is 6.04 Å². The molecule has 3 nitrogen and oxygen atoms in total. The summed E-state index contributed by atoms with van der Waals surface area (Å²) in [6, 6.07) is 11.2. The van der Waals surface area contributed by atoms with Gasteiger partial charge in [0.15, 0.2) is 0 Å². The number of benzene rings is 1. The summed E-state index contributed by atoms with van der Waals surface area (Å²) in [4.78, 5) is 2.53. The minimum Gasteiger partial charge on any atom is -0.459 e. The van der Waals surface area contributed by atoms with Gasteiger partial charge in [0.1, 0.15) is 11.3 Å². The summed E-state index contributed by atoms with van der Waals surface area (Å²) in [5.41, 5.74) is 7.03. The van der Waals surface area contributed by atoms with Crippen molar-refractivity contribution in [1.29, 1.82) is 0 Å². The number of hydrogen-bond acceptors (Lipinski definition) is 3. The first-order valence-electron chi connectivity index (χ1n) is 7.77. The summed E-state index contributed by atoms with van der Waals surface area (Å²) in [6.07, 6.45) is 5.28. The van der Waals surface area contributed by atoms with Gasteiger partial charge in [-0.05, 0) is 31.5 Å². The lowest BCUT2D eigenvalue weighted by Gasteiger charge is -2.33. The van der Waals surface area contributed by atoms with Crippen LogP contribution in [0.3, 0.4) is 0 Å². The molecule has 1 unspecified atom stereocenters. The van der Waals surface area contributed by atoms with Gasteiger partial charge < -0.3 is 10.2 Å². The van der Waals surface area contributed by atoms with E-state index < -0.39 is 0 Å². The van der Waals surface area contributed by atoms with E-state index in [0.717, 1.165) is 17.9 Å². The maximum absolute atomic E-state index is 6.07. The van der Waals surface area contributed by atoms with Gasteiger partial charge in [-0.15, -0.1) is 0 Å². The van der Waals surface area contributed by atoms with Crippen LogP contribution in [-0.4, -0.2) is 24.0 Å². The average Bonchev–Trinajstić information content (AvgIpc) is 3.13. The lowest BCUT2D eigenvalue weighted by molar-refractivity contribution is 0.132. The van der Waals surface area contributed by atoms with Crippen LogP contribution in [0.2, 0.25) is 0 Å². The molecule has 2 N–H and O–H groups in total. The highest BCUT2D eigenvalue weighted by Crippen LogP contribution is 2.32. The van der Waals surface area contributed by atoms with E-state index in [1.165, 1.54) is 31.1 Å². The summed E-state index contributed by atoms with van der Waals surface area (Å²) in [5.74, 6) is 1.02. The number of rotatable bonds is 5. The normalized spacial score (nSPS) is 18.1. The van der Waals surface area contributed by atoms with E-state index >= 15 is 0 Å². The topological polar surface area (TPSA) is 42.4 Å². The zero-order valence-corrected chi connectivity index (χ0v) is 12.2. The van der Waals surface area contributed by atoms with E-state index in [1.54, 1.807) is 0 Å². The molecule has 1 saturated carbocycles. The van der Waals surface area contributed by atoms with E-state index in [1.807, 2.05) is 18.2 Å². The Morgan fingerprint density at radius 3 is 2.70 bits per heavy atom. The van der Waals surface area contributed by atoms with Crippen molar-refractivity contribution in [3.8, 4) is 0 Å². The minimum absolute atomic E-state index is 0.204. The van der Waals surface area contributed by atoms with E-state index in [-0.39, 0.29) is 6.04 Å². The summed E-state index contributed by atoms with van der Waals surface area (Å²) in [7, 11) is 0. The molecular weight excluding hydrogens is 248 g/mol. The standard InChI is InChI=1S/C17H24N2O/c1-2-19(14-8-4-5-9-14)15(12-18)17-11-13-7-3-6-10-16(13)20-17/h3,6-7,10-11,14-15H,2,4-5,8-9,12,18H2,1H3. The molecule has 1 aliphatic rings. The lowest BCUT2D eigenvalue weighted by Crippen LogP contribution is -2.39. The van der Waals surface area contributed by atoms with E-state index in [0.29, 0.717) is 12.6 Å². The second kappa shape index (κ2) is 5.98. The molecule has 3 heteroatoms. The molecule has 0 amide bonds. The quantitative estimate of drug-likeness (QED) is 0.902. The summed E-state index contributed by atoms with van der Waals surface area (Å²) < 4.78 is 6.04. The smallest absolute Gasteiger partial charge is 0.134 e. The summed E-state index contributed by atoms with van der Waals surface area (Å²) >= 11 is 0. The fourth-order valence-corrected chi connectivity index (χ4v) is 3.55. The maximum atomic E-state index is 6.07. The SMILES string of the molecule is CCN(C1CCCC1)C(CN)c1cc2ccccc2o1. The van der Waals surface area contributed by atoms with Crippen LogP contribution in [-0.2, 0) is 0 Å². The van der Waals surface area contributed by atoms with Crippen molar-refractivity contribution < 1.29 is 4.42 Å². The third-order valence-corrected chi connectivity index (χ3v) is 4.56. The maximum Gasteiger partial charge on any atom is 0.134 e. The Kier molecular flexibility index (Phi) is 4.08. The van der Waals surface area contributed by atoms with Crippen LogP contribution < -0.4 is 5.73 Å². The molecule has 1 atom stereocenters. The van der Waals surface area contributed by atoms with Gasteiger partial charge in [-0.2, -0.15) is 0 Å². The number of furan rings is 1. The molecule has 2 aromatic rings. The molecular formula is C17H24N2O. The Balaban J connectivity index is 1.90. The molecule has 0 saturated heterocycles. The fourth-order valence-electron chi connectivity index (χ4n) is 3.55. The minimum atomic E-state index is 0.204. The molecule has 108 valence electrons. The van der Waals surface area contributed by atoms with Crippen molar-refractivity contribution in [3.05, 3.63) is 36.1 Å². The first kappa shape index (κ1) is 13.7. The van der Waals surface area contributed by atoms with Crippen molar-refractivity contribution in [3.63, 3.8) is 0 Å². The molecule has 0 aliphatic heterocycles. The Bertz CT molecular complexity index is 524. The highest BCUT2D eigenvalue weighted by atomic mass is 16.3. The lowest BCUT2D eigenvalue weighted by atomic mass is 10.1. The summed E-state index contributed by atoms with van der Waals surface area (Å²) in [5, 5.41) is 1.17. The van der Waals surface area contributed by atoms with Crippen molar-refractivity contribution >= 4 is 11.0 Å². The van der Waals surface area contributed by atoms with Crippen LogP contribution in [0, 0.1) is 0 Å². The van der Waals surface area contributed by atoms with Gasteiger partial charge in [0.25, 0.3) is 0 Å². The number of fused-ring (bicyclic) bond motifs is 1. The first-order valence-corrected chi connectivity index (χ1v) is 7.77. The van der Waals surface area contributed by atoms with Gasteiger partial charge in [0.2, 0.25) is 0 Å². The van der Waals surface area contributed by atoms with Gasteiger partial charge in [-0.1, -0.05) is 38.0 Å². The first-order chi connectivity index (χ1) is 9.83. The Labute approximate surface area is 120 Å². The second-order valence-corrected chi connectivity index (χ2v) is 5.71. The van der Waals surface area contributed by atoms with E-state index in [2.05, 4.69) is 24.0 Å². The number of nitrogens with zero attached hydrogens (tertiary/aromatic N) is 1. The van der Waals surface area contributed by atoms with Gasteiger partial charge in [-0.3, -0.25) is 4.90 Å². The summed E-state index contributed by atoms with van der Waals surface area (Å²) in [6.45, 7) is 3.87. The molecule has 1 fully saturated rings. The highest BCUT2D eigenvalue weighted by Gasteiger charge is 2.29. The van der Waals surface area contributed by atoms with Crippen molar-refractivity contribution in [2.75, 3.05) is 13.1 Å². The van der Waals surface area contributed by atoms with Crippen LogP contribution in [0.4, 0.5) is 0 Å². The second-order valence-electron chi connectivity index (χ2n) is 5.71.